The van der Waals surface area contributed by atoms with Crippen LogP contribution in [0, 0.1) is 18.8 Å². The molecule has 0 spiro atoms. The number of anilines is 1. The minimum Gasteiger partial charge on any atom is -0.481 e. The van der Waals surface area contributed by atoms with Gasteiger partial charge in [-0.1, -0.05) is 6.92 Å². The summed E-state index contributed by atoms with van der Waals surface area (Å²) in [5.74, 6) is 1.20. The van der Waals surface area contributed by atoms with Crippen molar-refractivity contribution in [2.75, 3.05) is 18.0 Å². The fourth-order valence-electron chi connectivity index (χ4n) is 3.66. The van der Waals surface area contributed by atoms with Gasteiger partial charge in [-0.15, -0.1) is 0 Å². The van der Waals surface area contributed by atoms with Crippen molar-refractivity contribution in [3.63, 3.8) is 0 Å². The smallest absolute Gasteiger partial charge is 0.308 e. The summed E-state index contributed by atoms with van der Waals surface area (Å²) in [5, 5.41) is 9.35. The Labute approximate surface area is 125 Å². The maximum Gasteiger partial charge on any atom is 0.308 e. The molecule has 1 saturated heterocycles. The Morgan fingerprint density at radius 3 is 2.76 bits per heavy atom. The molecule has 1 aliphatic carbocycles. The van der Waals surface area contributed by atoms with Crippen LogP contribution in [0.3, 0.4) is 0 Å². The Kier molecular flexibility index (Phi) is 3.83. The summed E-state index contributed by atoms with van der Waals surface area (Å²) >= 11 is 0. The first-order valence-corrected chi connectivity index (χ1v) is 7.88. The van der Waals surface area contributed by atoms with Gasteiger partial charge >= 0.3 is 5.97 Å². The van der Waals surface area contributed by atoms with Crippen LogP contribution in [0.5, 0.6) is 0 Å². The molecule has 0 bridgehead atoms. The minimum absolute atomic E-state index is 0.289. The van der Waals surface area contributed by atoms with Gasteiger partial charge in [0.25, 0.3) is 0 Å². The first kappa shape index (κ1) is 14.3. The lowest BCUT2D eigenvalue weighted by Crippen LogP contribution is -2.43. The Morgan fingerprint density at radius 1 is 1.24 bits per heavy atom. The summed E-state index contributed by atoms with van der Waals surface area (Å²) in [4.78, 5) is 22.8. The molecule has 0 radical (unpaired) electrons. The van der Waals surface area contributed by atoms with Crippen LogP contribution in [-0.4, -0.2) is 34.1 Å². The maximum absolute atomic E-state index is 11.4. The van der Waals surface area contributed by atoms with E-state index in [4.69, 9.17) is 0 Å². The lowest BCUT2D eigenvalue weighted by molar-refractivity contribution is -0.142. The standard InChI is InChI=1S/C16H23N3O2/c1-10-7-12(16(20)21)9-19(8-10)15-13-5-3-4-6-14(13)17-11(2)18-15/h10,12H,3-9H2,1-2H3,(H,20,21)/t10-,12+/m1/s1. The molecule has 0 amide bonds. The van der Waals surface area contributed by atoms with Gasteiger partial charge in [-0.2, -0.15) is 0 Å². The first-order chi connectivity index (χ1) is 10.0. The van der Waals surface area contributed by atoms with Crippen molar-refractivity contribution >= 4 is 11.8 Å². The molecule has 114 valence electrons. The van der Waals surface area contributed by atoms with Crippen LogP contribution in [0.25, 0.3) is 0 Å². The van der Waals surface area contributed by atoms with Crippen molar-refractivity contribution in [2.45, 2.75) is 46.0 Å². The molecule has 1 aromatic heterocycles. The van der Waals surface area contributed by atoms with E-state index in [0.29, 0.717) is 12.5 Å². The Hall–Kier alpha value is -1.65. The zero-order valence-electron chi connectivity index (χ0n) is 12.8. The van der Waals surface area contributed by atoms with Crippen LogP contribution in [0.4, 0.5) is 5.82 Å². The Bertz CT molecular complexity index is 559. The number of aryl methyl sites for hydroxylation is 2. The van der Waals surface area contributed by atoms with E-state index in [1.165, 1.54) is 24.1 Å². The van der Waals surface area contributed by atoms with Crippen molar-refractivity contribution in [1.82, 2.24) is 9.97 Å². The van der Waals surface area contributed by atoms with Crippen molar-refractivity contribution in [2.24, 2.45) is 11.8 Å². The number of fused-ring (bicyclic) bond motifs is 1. The molecule has 0 unspecified atom stereocenters. The molecule has 1 aromatic rings. The van der Waals surface area contributed by atoms with Gasteiger partial charge in [0.1, 0.15) is 11.6 Å². The number of carboxylic acid groups (broad SMARTS) is 1. The molecular weight excluding hydrogens is 266 g/mol. The van der Waals surface area contributed by atoms with Crippen LogP contribution >= 0.6 is 0 Å². The second-order valence-electron chi connectivity index (χ2n) is 6.51. The van der Waals surface area contributed by atoms with Crippen molar-refractivity contribution in [3.8, 4) is 0 Å². The van der Waals surface area contributed by atoms with Gasteiger partial charge in [0.2, 0.25) is 0 Å². The van der Waals surface area contributed by atoms with Crippen LogP contribution in [-0.2, 0) is 17.6 Å². The molecule has 21 heavy (non-hydrogen) atoms. The van der Waals surface area contributed by atoms with Gasteiger partial charge in [-0.3, -0.25) is 4.79 Å². The van der Waals surface area contributed by atoms with Crippen molar-refractivity contribution < 1.29 is 9.90 Å². The molecule has 2 atom stereocenters. The molecule has 3 rings (SSSR count). The zero-order chi connectivity index (χ0) is 15.0. The highest BCUT2D eigenvalue weighted by atomic mass is 16.4. The molecule has 2 aliphatic rings. The number of carboxylic acids is 1. The predicted octanol–water partition coefficient (Wildman–Crippen LogP) is 2.21. The number of piperidine rings is 1. The topological polar surface area (TPSA) is 66.3 Å². The molecule has 0 saturated carbocycles. The first-order valence-electron chi connectivity index (χ1n) is 7.88. The molecule has 5 heteroatoms. The summed E-state index contributed by atoms with van der Waals surface area (Å²) in [6.45, 7) is 5.53. The maximum atomic E-state index is 11.4. The van der Waals surface area contributed by atoms with Gasteiger partial charge in [0, 0.05) is 24.3 Å². The number of aromatic nitrogens is 2. The van der Waals surface area contributed by atoms with Crippen LogP contribution in [0.1, 0.15) is 43.3 Å². The molecule has 1 N–H and O–H groups in total. The van der Waals surface area contributed by atoms with E-state index < -0.39 is 5.97 Å². The highest BCUT2D eigenvalue weighted by molar-refractivity contribution is 5.71. The third-order valence-electron chi connectivity index (χ3n) is 4.58. The summed E-state index contributed by atoms with van der Waals surface area (Å²) in [7, 11) is 0. The Balaban J connectivity index is 1.95. The number of rotatable bonds is 2. The molecular formula is C16H23N3O2. The van der Waals surface area contributed by atoms with E-state index in [0.717, 1.165) is 37.4 Å². The number of aliphatic carboxylic acids is 1. The van der Waals surface area contributed by atoms with E-state index in [1.54, 1.807) is 0 Å². The molecule has 0 aromatic carbocycles. The number of nitrogens with zero attached hydrogens (tertiary/aromatic N) is 3. The van der Waals surface area contributed by atoms with Crippen LogP contribution < -0.4 is 4.90 Å². The van der Waals surface area contributed by atoms with Gasteiger partial charge in [-0.05, 0) is 44.9 Å². The number of carbonyl (C=O) groups is 1. The monoisotopic (exact) mass is 289 g/mol. The largest absolute Gasteiger partial charge is 0.481 e. The highest BCUT2D eigenvalue weighted by Gasteiger charge is 2.32. The Morgan fingerprint density at radius 2 is 2.00 bits per heavy atom. The summed E-state index contributed by atoms with van der Waals surface area (Å²) in [5.41, 5.74) is 2.43. The van der Waals surface area contributed by atoms with E-state index >= 15 is 0 Å². The van der Waals surface area contributed by atoms with Crippen molar-refractivity contribution in [1.29, 1.82) is 0 Å². The molecule has 2 heterocycles. The molecule has 1 fully saturated rings. The summed E-state index contributed by atoms with van der Waals surface area (Å²) in [6.07, 6.45) is 5.18. The van der Waals surface area contributed by atoms with E-state index in [2.05, 4.69) is 21.8 Å². The second kappa shape index (κ2) is 5.62. The fourth-order valence-corrected chi connectivity index (χ4v) is 3.66. The third kappa shape index (κ3) is 2.87. The third-order valence-corrected chi connectivity index (χ3v) is 4.58. The zero-order valence-corrected chi connectivity index (χ0v) is 12.8. The SMILES string of the molecule is Cc1nc2c(c(N3C[C@H](C)C[C@H](C(=O)O)C3)n1)CCCC2. The average Bonchev–Trinajstić information content (AvgIpc) is 2.45. The second-order valence-corrected chi connectivity index (χ2v) is 6.51. The van der Waals surface area contributed by atoms with Gasteiger partial charge in [0.15, 0.2) is 0 Å². The molecule has 1 aliphatic heterocycles. The van der Waals surface area contributed by atoms with E-state index in [-0.39, 0.29) is 5.92 Å². The van der Waals surface area contributed by atoms with Crippen molar-refractivity contribution in [3.05, 3.63) is 17.1 Å². The van der Waals surface area contributed by atoms with E-state index in [1.807, 2.05) is 6.92 Å². The highest BCUT2D eigenvalue weighted by Crippen LogP contribution is 2.32. The number of hydrogen-bond acceptors (Lipinski definition) is 4. The van der Waals surface area contributed by atoms with Crippen LogP contribution in [0.15, 0.2) is 0 Å². The van der Waals surface area contributed by atoms with E-state index in [9.17, 15) is 9.90 Å². The number of hydrogen-bond donors (Lipinski definition) is 1. The lowest BCUT2D eigenvalue weighted by Gasteiger charge is -2.37. The summed E-state index contributed by atoms with van der Waals surface area (Å²) < 4.78 is 0. The molecule has 5 nitrogen and oxygen atoms in total. The lowest BCUT2D eigenvalue weighted by atomic mass is 9.89. The average molecular weight is 289 g/mol. The predicted molar refractivity (Wildman–Crippen MR) is 80.5 cm³/mol. The summed E-state index contributed by atoms with van der Waals surface area (Å²) in [6, 6.07) is 0. The minimum atomic E-state index is -0.689. The van der Waals surface area contributed by atoms with Gasteiger partial charge in [-0.25, -0.2) is 9.97 Å². The normalized spacial score (nSPS) is 25.5. The van der Waals surface area contributed by atoms with Gasteiger partial charge in [0.05, 0.1) is 5.92 Å². The fraction of sp³-hybridized carbons (Fsp3) is 0.688. The van der Waals surface area contributed by atoms with Gasteiger partial charge < -0.3 is 10.0 Å². The van der Waals surface area contributed by atoms with Crippen LogP contribution in [0.2, 0.25) is 0 Å². The quantitative estimate of drug-likeness (QED) is 0.904.